The van der Waals surface area contributed by atoms with E-state index in [1.165, 1.54) is 11.3 Å². The van der Waals surface area contributed by atoms with Crippen LogP contribution in [0.15, 0.2) is 24.3 Å². The Morgan fingerprint density at radius 1 is 1.09 bits per heavy atom. The molecule has 0 N–H and O–H groups in total. The topological polar surface area (TPSA) is 0 Å². The molecule has 0 atom stereocenters. The van der Waals surface area contributed by atoms with Crippen LogP contribution in [0, 0.1) is 6.92 Å². The van der Waals surface area contributed by atoms with Gasteiger partial charge in [0.2, 0.25) is 0 Å². The molecule has 0 fully saturated rings. The zero-order chi connectivity index (χ0) is 8.48. The number of benzene rings is 1. The molecule has 0 aliphatic rings. The summed E-state index contributed by atoms with van der Waals surface area (Å²) >= 11 is 0. The van der Waals surface area contributed by atoms with Gasteiger partial charge in [0, 0.05) is 6.07 Å². The van der Waals surface area contributed by atoms with Crippen molar-refractivity contribution < 1.29 is 0 Å². The van der Waals surface area contributed by atoms with Gasteiger partial charge in [-0.1, -0.05) is 12.1 Å². The van der Waals surface area contributed by atoms with E-state index >= 15 is 0 Å². The van der Waals surface area contributed by atoms with Crippen molar-refractivity contribution in [3.63, 3.8) is 0 Å². The fourth-order valence-corrected chi connectivity index (χ4v) is 1.05. The number of hydrogen-bond donors (Lipinski definition) is 0. The van der Waals surface area contributed by atoms with Crippen molar-refractivity contribution in [2.75, 3.05) is 21.1 Å². The molecule has 0 bridgehead atoms. The maximum atomic E-state index is 2.22. The van der Waals surface area contributed by atoms with Crippen LogP contribution in [0.2, 0.25) is 0 Å². The second kappa shape index (κ2) is 2.67. The minimum absolute atomic E-state index is 0.891. The molecule has 1 heteroatoms. The van der Waals surface area contributed by atoms with Crippen LogP contribution in [0.5, 0.6) is 0 Å². The number of quaternary nitrogens is 1. The van der Waals surface area contributed by atoms with Crippen LogP contribution >= 0.6 is 0 Å². The van der Waals surface area contributed by atoms with Gasteiger partial charge in [-0.25, -0.2) is 0 Å². The van der Waals surface area contributed by atoms with Crippen molar-refractivity contribution in [2.24, 2.45) is 0 Å². The smallest absolute Gasteiger partial charge is 0.132 e. The van der Waals surface area contributed by atoms with Gasteiger partial charge in [-0.3, -0.25) is 4.48 Å². The van der Waals surface area contributed by atoms with Crippen LogP contribution in [0.4, 0.5) is 5.69 Å². The standard InChI is InChI=1S/C10H16N/c1-9-6-5-7-10(8-9)11(2,3)4/h5-8H,1-4H3/q+1. The van der Waals surface area contributed by atoms with Crippen molar-refractivity contribution in [2.45, 2.75) is 6.92 Å². The lowest BCUT2D eigenvalue weighted by atomic mass is 10.2. The van der Waals surface area contributed by atoms with Crippen LogP contribution in [-0.4, -0.2) is 21.1 Å². The highest BCUT2D eigenvalue weighted by Gasteiger charge is 2.10. The lowest BCUT2D eigenvalue weighted by molar-refractivity contribution is 0.486. The first-order valence-electron chi connectivity index (χ1n) is 3.89. The molecule has 60 valence electrons. The van der Waals surface area contributed by atoms with Gasteiger partial charge in [-0.15, -0.1) is 0 Å². The molecule has 1 nitrogen and oxygen atoms in total. The van der Waals surface area contributed by atoms with Gasteiger partial charge in [-0.2, -0.15) is 0 Å². The summed E-state index contributed by atoms with van der Waals surface area (Å²) in [4.78, 5) is 0. The Kier molecular flexibility index (Phi) is 2.01. The zero-order valence-corrected chi connectivity index (χ0v) is 7.76. The number of aryl methyl sites for hydroxylation is 1. The summed E-state index contributed by atoms with van der Waals surface area (Å²) in [5.41, 5.74) is 2.68. The van der Waals surface area contributed by atoms with Gasteiger partial charge in [0.15, 0.2) is 0 Å². The molecule has 0 aromatic heterocycles. The average Bonchev–Trinajstić information content (AvgIpc) is 1.86. The van der Waals surface area contributed by atoms with Gasteiger partial charge < -0.3 is 0 Å². The monoisotopic (exact) mass is 150 g/mol. The predicted molar refractivity (Wildman–Crippen MR) is 50.7 cm³/mol. The summed E-state index contributed by atoms with van der Waals surface area (Å²) in [6, 6.07) is 8.61. The fourth-order valence-electron chi connectivity index (χ4n) is 1.05. The van der Waals surface area contributed by atoms with E-state index in [0.717, 1.165) is 4.48 Å². The van der Waals surface area contributed by atoms with E-state index < -0.39 is 0 Å². The van der Waals surface area contributed by atoms with E-state index in [9.17, 15) is 0 Å². The van der Waals surface area contributed by atoms with Crippen molar-refractivity contribution in [3.05, 3.63) is 29.8 Å². The van der Waals surface area contributed by atoms with Crippen molar-refractivity contribution in [1.82, 2.24) is 4.48 Å². The highest BCUT2D eigenvalue weighted by atomic mass is 15.3. The quantitative estimate of drug-likeness (QED) is 0.538. The largest absolute Gasteiger partial charge is 0.298 e. The maximum absolute atomic E-state index is 2.22. The average molecular weight is 150 g/mol. The van der Waals surface area contributed by atoms with Crippen LogP contribution in [0.25, 0.3) is 0 Å². The highest BCUT2D eigenvalue weighted by Crippen LogP contribution is 2.17. The molecule has 0 amide bonds. The molecule has 0 radical (unpaired) electrons. The van der Waals surface area contributed by atoms with E-state index in [2.05, 4.69) is 52.3 Å². The van der Waals surface area contributed by atoms with Crippen LogP contribution in [0.1, 0.15) is 5.56 Å². The third-order valence-corrected chi connectivity index (χ3v) is 1.78. The highest BCUT2D eigenvalue weighted by molar-refractivity contribution is 5.43. The van der Waals surface area contributed by atoms with E-state index in [1.54, 1.807) is 0 Å². The maximum Gasteiger partial charge on any atom is 0.132 e. The SMILES string of the molecule is Cc1cccc([N+](C)(C)C)c1. The first-order chi connectivity index (χ1) is 5.00. The van der Waals surface area contributed by atoms with Gasteiger partial charge in [0.25, 0.3) is 0 Å². The Bertz CT molecular complexity index is 245. The van der Waals surface area contributed by atoms with E-state index in [0.29, 0.717) is 0 Å². The van der Waals surface area contributed by atoms with E-state index in [-0.39, 0.29) is 0 Å². The minimum Gasteiger partial charge on any atom is -0.298 e. The van der Waals surface area contributed by atoms with Crippen LogP contribution < -0.4 is 4.48 Å². The molecular formula is C10H16N+. The Labute approximate surface area is 68.9 Å². The van der Waals surface area contributed by atoms with Crippen LogP contribution in [0.3, 0.4) is 0 Å². The number of rotatable bonds is 1. The lowest BCUT2D eigenvalue weighted by Gasteiger charge is -2.23. The fraction of sp³-hybridized carbons (Fsp3) is 0.400. The normalized spacial score (nSPS) is 11.6. The van der Waals surface area contributed by atoms with Crippen LogP contribution in [-0.2, 0) is 0 Å². The molecule has 1 aromatic carbocycles. The molecule has 11 heavy (non-hydrogen) atoms. The third-order valence-electron chi connectivity index (χ3n) is 1.78. The van der Waals surface area contributed by atoms with Gasteiger partial charge in [0.1, 0.15) is 5.69 Å². The molecule has 0 unspecified atom stereocenters. The molecule has 0 heterocycles. The minimum atomic E-state index is 0.891. The molecular weight excluding hydrogens is 134 g/mol. The summed E-state index contributed by atoms with van der Waals surface area (Å²) in [7, 11) is 6.53. The summed E-state index contributed by atoms with van der Waals surface area (Å²) in [5, 5.41) is 0. The third kappa shape index (κ3) is 2.05. The van der Waals surface area contributed by atoms with Gasteiger partial charge in [0.05, 0.1) is 21.1 Å². The van der Waals surface area contributed by atoms with Crippen molar-refractivity contribution in [3.8, 4) is 0 Å². The molecule has 0 aliphatic heterocycles. The Balaban J connectivity index is 3.06. The second-order valence-corrected chi connectivity index (χ2v) is 3.85. The number of nitrogens with zero attached hydrogens (tertiary/aromatic N) is 1. The first kappa shape index (κ1) is 8.28. The Hall–Kier alpha value is -0.820. The molecule has 0 saturated heterocycles. The summed E-state index contributed by atoms with van der Waals surface area (Å²) in [6.45, 7) is 2.12. The molecule has 1 rings (SSSR count). The number of hydrogen-bond acceptors (Lipinski definition) is 0. The summed E-state index contributed by atoms with van der Waals surface area (Å²) < 4.78 is 0.891. The van der Waals surface area contributed by atoms with Crippen molar-refractivity contribution in [1.29, 1.82) is 0 Å². The van der Waals surface area contributed by atoms with Gasteiger partial charge in [-0.05, 0) is 18.6 Å². The van der Waals surface area contributed by atoms with E-state index in [4.69, 9.17) is 0 Å². The lowest BCUT2D eigenvalue weighted by Crippen LogP contribution is -2.34. The molecule has 1 aromatic rings. The predicted octanol–water partition coefficient (Wildman–Crippen LogP) is 2.19. The second-order valence-electron chi connectivity index (χ2n) is 3.85. The van der Waals surface area contributed by atoms with Crippen molar-refractivity contribution >= 4 is 5.69 Å². The van der Waals surface area contributed by atoms with E-state index in [1.807, 2.05) is 0 Å². The molecule has 0 saturated carbocycles. The first-order valence-corrected chi connectivity index (χ1v) is 3.89. The zero-order valence-electron chi connectivity index (χ0n) is 7.76. The van der Waals surface area contributed by atoms with Gasteiger partial charge >= 0.3 is 0 Å². The Morgan fingerprint density at radius 3 is 2.09 bits per heavy atom. The Morgan fingerprint density at radius 2 is 1.73 bits per heavy atom. The molecule has 0 spiro atoms. The summed E-state index contributed by atoms with van der Waals surface area (Å²) in [5.74, 6) is 0. The molecule has 0 aliphatic carbocycles. The summed E-state index contributed by atoms with van der Waals surface area (Å²) in [6.07, 6.45) is 0.